The number of nitrogens with zero attached hydrogens (tertiary/aromatic N) is 1. The SMILES string of the molecule is NC(=O)C1(COC(=O)Cn2ccc3ccc(Cl)cc32)CC1. The molecule has 5 nitrogen and oxygen atoms in total. The lowest BCUT2D eigenvalue weighted by molar-refractivity contribution is -0.147. The van der Waals surface area contributed by atoms with Crippen LogP contribution >= 0.6 is 11.6 Å². The lowest BCUT2D eigenvalue weighted by atomic mass is 10.1. The molecule has 1 aliphatic carbocycles. The van der Waals surface area contributed by atoms with Crippen molar-refractivity contribution in [3.05, 3.63) is 35.5 Å². The van der Waals surface area contributed by atoms with E-state index in [9.17, 15) is 9.59 Å². The molecular weight excluding hydrogens is 292 g/mol. The van der Waals surface area contributed by atoms with E-state index in [0.29, 0.717) is 17.9 Å². The Bertz CT molecular complexity index is 719. The van der Waals surface area contributed by atoms with Gasteiger partial charge in [-0.15, -0.1) is 0 Å². The Morgan fingerprint density at radius 2 is 2.10 bits per heavy atom. The summed E-state index contributed by atoms with van der Waals surface area (Å²) in [6, 6.07) is 7.41. The Morgan fingerprint density at radius 3 is 2.76 bits per heavy atom. The first kappa shape index (κ1) is 13.9. The van der Waals surface area contributed by atoms with Crippen molar-refractivity contribution in [2.45, 2.75) is 19.4 Å². The van der Waals surface area contributed by atoms with Crippen LogP contribution in [-0.4, -0.2) is 23.1 Å². The summed E-state index contributed by atoms with van der Waals surface area (Å²) in [6.07, 6.45) is 3.19. The van der Waals surface area contributed by atoms with Gasteiger partial charge < -0.3 is 15.0 Å². The highest BCUT2D eigenvalue weighted by atomic mass is 35.5. The van der Waals surface area contributed by atoms with Gasteiger partial charge in [0, 0.05) is 11.2 Å². The summed E-state index contributed by atoms with van der Waals surface area (Å²) in [4.78, 5) is 23.1. The molecule has 1 saturated carbocycles. The molecule has 0 bridgehead atoms. The van der Waals surface area contributed by atoms with Crippen molar-refractivity contribution < 1.29 is 14.3 Å². The predicted octanol–water partition coefficient (Wildman–Crippen LogP) is 2.10. The first-order chi connectivity index (χ1) is 10.00. The molecule has 0 aliphatic heterocycles. The Balaban J connectivity index is 1.66. The largest absolute Gasteiger partial charge is 0.463 e. The number of hydrogen-bond donors (Lipinski definition) is 1. The summed E-state index contributed by atoms with van der Waals surface area (Å²) in [7, 11) is 0. The first-order valence-corrected chi connectivity index (χ1v) is 7.08. The number of halogens is 1. The normalized spacial score (nSPS) is 15.9. The summed E-state index contributed by atoms with van der Waals surface area (Å²) < 4.78 is 6.96. The third-order valence-electron chi connectivity index (χ3n) is 3.92. The number of primary amides is 1. The number of hydrogen-bond acceptors (Lipinski definition) is 3. The van der Waals surface area contributed by atoms with E-state index in [1.54, 1.807) is 16.7 Å². The molecule has 1 amide bonds. The predicted molar refractivity (Wildman–Crippen MR) is 78.8 cm³/mol. The molecule has 1 aliphatic rings. The second kappa shape index (κ2) is 5.07. The molecule has 0 spiro atoms. The minimum absolute atomic E-state index is 0.0706. The van der Waals surface area contributed by atoms with E-state index in [4.69, 9.17) is 22.1 Å². The van der Waals surface area contributed by atoms with Crippen LogP contribution in [0.1, 0.15) is 12.8 Å². The van der Waals surface area contributed by atoms with Crippen LogP contribution in [0.15, 0.2) is 30.5 Å². The van der Waals surface area contributed by atoms with Gasteiger partial charge in [-0.2, -0.15) is 0 Å². The number of nitrogens with two attached hydrogens (primary N) is 1. The molecule has 6 heteroatoms. The van der Waals surface area contributed by atoms with Crippen molar-refractivity contribution in [3.63, 3.8) is 0 Å². The zero-order chi connectivity index (χ0) is 15.0. The van der Waals surface area contributed by atoms with Crippen molar-refractivity contribution in [2.75, 3.05) is 6.61 Å². The minimum Gasteiger partial charge on any atom is -0.463 e. The summed E-state index contributed by atoms with van der Waals surface area (Å²) in [5.74, 6) is -0.784. The molecule has 1 heterocycles. The van der Waals surface area contributed by atoms with Crippen LogP contribution in [0.5, 0.6) is 0 Å². The molecule has 0 atom stereocenters. The number of esters is 1. The van der Waals surface area contributed by atoms with Gasteiger partial charge in [0.15, 0.2) is 0 Å². The van der Waals surface area contributed by atoms with Gasteiger partial charge in [-0.05, 0) is 36.4 Å². The second-order valence-electron chi connectivity index (χ2n) is 5.45. The number of carbonyl (C=O) groups excluding carboxylic acids is 2. The van der Waals surface area contributed by atoms with Crippen molar-refractivity contribution in [3.8, 4) is 0 Å². The van der Waals surface area contributed by atoms with E-state index in [1.165, 1.54) is 0 Å². The van der Waals surface area contributed by atoms with E-state index in [2.05, 4.69) is 0 Å². The fraction of sp³-hybridized carbons (Fsp3) is 0.333. The van der Waals surface area contributed by atoms with Crippen LogP contribution in [0.3, 0.4) is 0 Å². The Labute approximate surface area is 126 Å². The quantitative estimate of drug-likeness (QED) is 0.860. The summed E-state index contributed by atoms with van der Waals surface area (Å²) in [5.41, 5.74) is 5.54. The lowest BCUT2D eigenvalue weighted by Gasteiger charge is -2.12. The first-order valence-electron chi connectivity index (χ1n) is 6.70. The monoisotopic (exact) mass is 306 g/mol. The highest BCUT2D eigenvalue weighted by Gasteiger charge is 2.49. The van der Waals surface area contributed by atoms with Crippen LogP contribution in [-0.2, 0) is 20.9 Å². The van der Waals surface area contributed by atoms with Crippen molar-refractivity contribution in [1.29, 1.82) is 0 Å². The van der Waals surface area contributed by atoms with E-state index < -0.39 is 11.3 Å². The maximum absolute atomic E-state index is 11.9. The Hall–Kier alpha value is -2.01. The number of benzene rings is 1. The number of fused-ring (bicyclic) bond motifs is 1. The molecule has 2 N–H and O–H groups in total. The minimum atomic E-state index is -0.627. The maximum atomic E-state index is 11.9. The molecule has 0 unspecified atom stereocenters. The molecule has 110 valence electrons. The average molecular weight is 307 g/mol. The van der Waals surface area contributed by atoms with Crippen LogP contribution < -0.4 is 5.73 Å². The summed E-state index contributed by atoms with van der Waals surface area (Å²) >= 11 is 5.97. The maximum Gasteiger partial charge on any atom is 0.325 e. The molecule has 3 rings (SSSR count). The highest BCUT2D eigenvalue weighted by molar-refractivity contribution is 6.31. The highest BCUT2D eigenvalue weighted by Crippen LogP contribution is 2.45. The fourth-order valence-electron chi connectivity index (χ4n) is 2.31. The molecule has 2 aromatic rings. The summed E-state index contributed by atoms with van der Waals surface area (Å²) in [5, 5.41) is 1.62. The second-order valence-corrected chi connectivity index (χ2v) is 5.89. The third kappa shape index (κ3) is 2.74. The van der Waals surface area contributed by atoms with Gasteiger partial charge in [-0.25, -0.2) is 0 Å². The van der Waals surface area contributed by atoms with Crippen molar-refractivity contribution in [1.82, 2.24) is 4.57 Å². The molecule has 0 radical (unpaired) electrons. The smallest absolute Gasteiger partial charge is 0.325 e. The fourth-order valence-corrected chi connectivity index (χ4v) is 2.48. The van der Waals surface area contributed by atoms with Gasteiger partial charge in [0.25, 0.3) is 0 Å². The van der Waals surface area contributed by atoms with Gasteiger partial charge in [0.1, 0.15) is 13.2 Å². The molecule has 21 heavy (non-hydrogen) atoms. The van der Waals surface area contributed by atoms with Crippen molar-refractivity contribution in [2.24, 2.45) is 11.1 Å². The van der Waals surface area contributed by atoms with Crippen LogP contribution in [0.25, 0.3) is 10.9 Å². The van der Waals surface area contributed by atoms with Gasteiger partial charge in [0.05, 0.1) is 10.9 Å². The number of aromatic nitrogens is 1. The Kier molecular flexibility index (Phi) is 3.37. The zero-order valence-corrected chi connectivity index (χ0v) is 12.1. The third-order valence-corrected chi connectivity index (χ3v) is 4.16. The number of ether oxygens (including phenoxy) is 1. The molecule has 1 fully saturated rings. The summed E-state index contributed by atoms with van der Waals surface area (Å²) in [6.45, 7) is 0.153. The molecule has 1 aromatic heterocycles. The zero-order valence-electron chi connectivity index (χ0n) is 11.3. The number of rotatable bonds is 5. The van der Waals surface area contributed by atoms with E-state index in [0.717, 1.165) is 10.9 Å². The molecule has 1 aromatic carbocycles. The average Bonchev–Trinajstić information content (AvgIpc) is 3.15. The van der Waals surface area contributed by atoms with Gasteiger partial charge in [-0.1, -0.05) is 17.7 Å². The molecule has 0 saturated heterocycles. The number of amides is 1. The Morgan fingerprint density at radius 1 is 1.33 bits per heavy atom. The van der Waals surface area contributed by atoms with Gasteiger partial charge in [0.2, 0.25) is 5.91 Å². The number of carbonyl (C=O) groups is 2. The van der Waals surface area contributed by atoms with Crippen molar-refractivity contribution >= 4 is 34.4 Å². The van der Waals surface area contributed by atoms with Crippen LogP contribution in [0, 0.1) is 5.41 Å². The lowest BCUT2D eigenvalue weighted by Crippen LogP contribution is -2.30. The van der Waals surface area contributed by atoms with Gasteiger partial charge >= 0.3 is 5.97 Å². The van der Waals surface area contributed by atoms with E-state index in [-0.39, 0.29) is 19.1 Å². The van der Waals surface area contributed by atoms with Gasteiger partial charge in [-0.3, -0.25) is 9.59 Å². The van der Waals surface area contributed by atoms with Crippen LogP contribution in [0.4, 0.5) is 0 Å². The van der Waals surface area contributed by atoms with E-state index >= 15 is 0 Å². The van der Waals surface area contributed by atoms with E-state index in [1.807, 2.05) is 18.3 Å². The topological polar surface area (TPSA) is 74.3 Å². The standard InChI is InChI=1S/C15H15ClN2O3/c16-11-2-1-10-3-6-18(12(10)7-11)8-13(19)21-9-15(4-5-15)14(17)20/h1-3,6-7H,4-5,8-9H2,(H2,17,20). The molecular formula is C15H15ClN2O3. The van der Waals surface area contributed by atoms with Crippen LogP contribution in [0.2, 0.25) is 5.02 Å².